The van der Waals surface area contributed by atoms with E-state index in [0.717, 1.165) is 17.4 Å². The summed E-state index contributed by atoms with van der Waals surface area (Å²) < 4.78 is 44.3. The van der Waals surface area contributed by atoms with Crippen LogP contribution in [0.25, 0.3) is 0 Å². The molecule has 0 spiro atoms. The van der Waals surface area contributed by atoms with Gasteiger partial charge in [-0.1, -0.05) is 30.3 Å². The highest BCUT2D eigenvalue weighted by atomic mass is 19.4. The van der Waals surface area contributed by atoms with E-state index < -0.39 is 17.6 Å². The minimum atomic E-state index is -4.56. The maximum Gasteiger partial charge on any atom is 0.417 e. The van der Waals surface area contributed by atoms with Crippen LogP contribution in [0.3, 0.4) is 0 Å². The summed E-state index contributed by atoms with van der Waals surface area (Å²) >= 11 is 0. The van der Waals surface area contributed by atoms with E-state index in [4.69, 9.17) is 4.74 Å². The molecule has 23 heavy (non-hydrogen) atoms. The molecule has 6 heteroatoms. The molecule has 120 valence electrons. The molecule has 2 aromatic rings. The molecule has 1 N–H and O–H groups in total. The topological polar surface area (TPSA) is 38.3 Å². The maximum atomic E-state index is 12.9. The molecule has 1 aliphatic heterocycles. The Morgan fingerprint density at radius 2 is 1.83 bits per heavy atom. The lowest BCUT2D eigenvalue weighted by molar-refractivity contribution is -0.137. The van der Waals surface area contributed by atoms with Crippen molar-refractivity contribution in [2.75, 3.05) is 13.2 Å². The number of alkyl halides is 3. The van der Waals surface area contributed by atoms with Crippen LogP contribution in [0.2, 0.25) is 0 Å². The van der Waals surface area contributed by atoms with Crippen molar-refractivity contribution in [2.24, 2.45) is 0 Å². The number of amides is 1. The van der Waals surface area contributed by atoms with Crippen LogP contribution in [-0.4, -0.2) is 19.1 Å². The van der Waals surface area contributed by atoms with Crippen LogP contribution >= 0.6 is 0 Å². The first-order valence-electron chi connectivity index (χ1n) is 7.13. The quantitative estimate of drug-likeness (QED) is 0.938. The molecule has 0 fully saturated rings. The van der Waals surface area contributed by atoms with E-state index in [1.807, 2.05) is 24.3 Å². The monoisotopic (exact) mass is 321 g/mol. The Balaban J connectivity index is 1.72. The number of benzene rings is 2. The zero-order valence-electron chi connectivity index (χ0n) is 12.1. The smallest absolute Gasteiger partial charge is 0.417 e. The van der Waals surface area contributed by atoms with Gasteiger partial charge in [-0.15, -0.1) is 0 Å². The molecule has 3 rings (SSSR count). The molecule has 1 heterocycles. The number of fused-ring (bicyclic) bond motifs is 1. The Morgan fingerprint density at radius 1 is 1.13 bits per heavy atom. The zero-order valence-corrected chi connectivity index (χ0v) is 12.1. The predicted octanol–water partition coefficient (Wildman–Crippen LogP) is 3.61. The third-order valence-corrected chi connectivity index (χ3v) is 3.78. The van der Waals surface area contributed by atoms with Crippen LogP contribution in [0.5, 0.6) is 5.75 Å². The number of nitrogens with one attached hydrogen (secondary N) is 1. The van der Waals surface area contributed by atoms with Crippen LogP contribution in [0, 0.1) is 0 Å². The number of hydrogen-bond acceptors (Lipinski definition) is 2. The highest BCUT2D eigenvalue weighted by Gasteiger charge is 2.35. The molecule has 1 unspecified atom stereocenters. The van der Waals surface area contributed by atoms with E-state index in [1.165, 1.54) is 18.2 Å². The Kier molecular flexibility index (Phi) is 3.98. The van der Waals surface area contributed by atoms with E-state index in [1.54, 1.807) is 0 Å². The average Bonchev–Trinajstić information content (AvgIpc) is 2.95. The lowest BCUT2D eigenvalue weighted by Crippen LogP contribution is -2.30. The summed E-state index contributed by atoms with van der Waals surface area (Å²) in [7, 11) is 0. The van der Waals surface area contributed by atoms with Gasteiger partial charge in [-0.05, 0) is 18.2 Å². The highest BCUT2D eigenvalue weighted by Crippen LogP contribution is 2.34. The van der Waals surface area contributed by atoms with Gasteiger partial charge >= 0.3 is 6.18 Å². The Morgan fingerprint density at radius 3 is 2.61 bits per heavy atom. The van der Waals surface area contributed by atoms with Crippen LogP contribution in [0.15, 0.2) is 48.5 Å². The fraction of sp³-hybridized carbons (Fsp3) is 0.235. The van der Waals surface area contributed by atoms with Gasteiger partial charge in [0.2, 0.25) is 0 Å². The van der Waals surface area contributed by atoms with Crippen molar-refractivity contribution in [3.8, 4) is 5.75 Å². The molecule has 1 amide bonds. The summed E-state index contributed by atoms with van der Waals surface area (Å²) in [6, 6.07) is 12.2. The fourth-order valence-corrected chi connectivity index (χ4v) is 2.64. The predicted molar refractivity (Wildman–Crippen MR) is 78.5 cm³/mol. The van der Waals surface area contributed by atoms with Gasteiger partial charge in [-0.25, -0.2) is 0 Å². The van der Waals surface area contributed by atoms with Crippen molar-refractivity contribution >= 4 is 5.91 Å². The first-order valence-corrected chi connectivity index (χ1v) is 7.13. The Bertz CT molecular complexity index is 728. The van der Waals surface area contributed by atoms with Crippen LogP contribution in [0.4, 0.5) is 13.2 Å². The van der Waals surface area contributed by atoms with E-state index in [9.17, 15) is 18.0 Å². The van der Waals surface area contributed by atoms with E-state index >= 15 is 0 Å². The van der Waals surface area contributed by atoms with Crippen molar-refractivity contribution in [1.82, 2.24) is 5.32 Å². The highest BCUT2D eigenvalue weighted by molar-refractivity contribution is 5.95. The fourth-order valence-electron chi connectivity index (χ4n) is 2.64. The standard InChI is InChI=1S/C17H14F3NO2/c18-17(19,20)14-7-3-1-6-13(14)16(22)21-9-11-10-23-15-8-4-2-5-12(11)15/h1-8,11H,9-10H2,(H,21,22). The van der Waals surface area contributed by atoms with E-state index in [-0.39, 0.29) is 18.0 Å². The number of hydrogen-bond donors (Lipinski definition) is 1. The molecule has 0 aliphatic carbocycles. The lowest BCUT2D eigenvalue weighted by Gasteiger charge is -2.14. The minimum absolute atomic E-state index is 0.0619. The van der Waals surface area contributed by atoms with Crippen molar-refractivity contribution in [1.29, 1.82) is 0 Å². The van der Waals surface area contributed by atoms with Crippen molar-refractivity contribution < 1.29 is 22.7 Å². The van der Waals surface area contributed by atoms with Gasteiger partial charge < -0.3 is 10.1 Å². The third-order valence-electron chi connectivity index (χ3n) is 3.78. The Hall–Kier alpha value is -2.50. The third kappa shape index (κ3) is 3.16. The molecule has 0 saturated heterocycles. The van der Waals surface area contributed by atoms with Gasteiger partial charge in [0.15, 0.2) is 0 Å². The maximum absolute atomic E-state index is 12.9. The van der Waals surface area contributed by atoms with E-state index in [2.05, 4.69) is 5.32 Å². The Labute approximate surface area is 131 Å². The summed E-state index contributed by atoms with van der Waals surface area (Å²) in [4.78, 5) is 12.1. The SMILES string of the molecule is O=C(NCC1COc2ccccc21)c1ccccc1C(F)(F)F. The second-order valence-corrected chi connectivity index (χ2v) is 5.30. The van der Waals surface area contributed by atoms with E-state index in [0.29, 0.717) is 6.61 Å². The van der Waals surface area contributed by atoms with Crippen LogP contribution < -0.4 is 10.1 Å². The second kappa shape index (κ2) is 5.95. The molecule has 0 aromatic heterocycles. The second-order valence-electron chi connectivity index (χ2n) is 5.30. The zero-order chi connectivity index (χ0) is 16.4. The molecule has 0 radical (unpaired) electrons. The largest absolute Gasteiger partial charge is 0.493 e. The van der Waals surface area contributed by atoms with Gasteiger partial charge in [0.1, 0.15) is 5.75 Å². The number of rotatable bonds is 3. The van der Waals surface area contributed by atoms with Gasteiger partial charge in [0.25, 0.3) is 5.91 Å². The molecular formula is C17H14F3NO2. The number of ether oxygens (including phenoxy) is 1. The van der Waals surface area contributed by atoms with Crippen molar-refractivity contribution in [2.45, 2.75) is 12.1 Å². The van der Waals surface area contributed by atoms with Crippen molar-refractivity contribution in [3.63, 3.8) is 0 Å². The van der Waals surface area contributed by atoms with Crippen LogP contribution in [-0.2, 0) is 6.18 Å². The van der Waals surface area contributed by atoms with Crippen LogP contribution in [0.1, 0.15) is 27.4 Å². The average molecular weight is 321 g/mol. The summed E-state index contributed by atoms with van der Waals surface area (Å²) in [5.41, 5.74) is -0.343. The summed E-state index contributed by atoms with van der Waals surface area (Å²) in [6.07, 6.45) is -4.56. The van der Waals surface area contributed by atoms with Crippen molar-refractivity contribution in [3.05, 3.63) is 65.2 Å². The summed E-state index contributed by atoms with van der Waals surface area (Å²) in [5.74, 6) is -0.0436. The lowest BCUT2D eigenvalue weighted by atomic mass is 10.0. The number of carbonyl (C=O) groups excluding carboxylic acids is 1. The normalized spacial score (nSPS) is 16.6. The molecule has 1 aliphatic rings. The van der Waals surface area contributed by atoms with Gasteiger partial charge in [0.05, 0.1) is 17.7 Å². The molecule has 3 nitrogen and oxygen atoms in total. The molecule has 2 aromatic carbocycles. The molecule has 0 bridgehead atoms. The number of halogens is 3. The summed E-state index contributed by atoms with van der Waals surface area (Å²) in [6.45, 7) is 0.628. The van der Waals surface area contributed by atoms with Gasteiger partial charge in [-0.3, -0.25) is 4.79 Å². The number of carbonyl (C=O) groups is 1. The first-order chi connectivity index (χ1) is 11.0. The molecular weight excluding hydrogens is 307 g/mol. The molecule has 1 atom stereocenters. The summed E-state index contributed by atoms with van der Waals surface area (Å²) in [5, 5.41) is 2.58. The van der Waals surface area contributed by atoms with Gasteiger partial charge in [0, 0.05) is 18.0 Å². The minimum Gasteiger partial charge on any atom is -0.493 e. The first kappa shape index (κ1) is 15.4. The number of para-hydroxylation sites is 1. The molecule has 0 saturated carbocycles. The van der Waals surface area contributed by atoms with Gasteiger partial charge in [-0.2, -0.15) is 13.2 Å².